The van der Waals surface area contributed by atoms with Crippen molar-refractivity contribution in [1.29, 1.82) is 0 Å². The molecule has 0 aliphatic heterocycles. The minimum atomic E-state index is 0.657. The second-order valence-corrected chi connectivity index (χ2v) is 13.7. The summed E-state index contributed by atoms with van der Waals surface area (Å²) in [5.74, 6) is 2.70. The highest BCUT2D eigenvalue weighted by atomic mass is 15.1. The first-order valence-electron chi connectivity index (χ1n) is 19.1. The SMILES string of the molecule is CCCCCCC(C)CN[B]N([B]NCC(CC)CCCCCC)[B]N([B]NCC(C)CCC)[B]NCC(C)CCCCC. The quantitative estimate of drug-likeness (QED) is 0.0465. The van der Waals surface area contributed by atoms with Crippen molar-refractivity contribution >= 4 is 37.7 Å². The van der Waals surface area contributed by atoms with E-state index in [0.717, 1.165) is 26.2 Å². The third-order valence-electron chi connectivity index (χ3n) is 8.71. The molecule has 0 saturated heterocycles. The lowest BCUT2D eigenvalue weighted by Gasteiger charge is -2.30. The molecular formula is C33H74B5N6. The Balaban J connectivity index is 5.14. The Bertz CT molecular complexity index is 583. The minimum absolute atomic E-state index is 0.657. The Morgan fingerprint density at radius 1 is 0.432 bits per heavy atom. The van der Waals surface area contributed by atoms with Crippen molar-refractivity contribution in [1.82, 2.24) is 30.2 Å². The van der Waals surface area contributed by atoms with Gasteiger partial charge in [0.1, 0.15) is 0 Å². The van der Waals surface area contributed by atoms with E-state index in [-0.39, 0.29) is 0 Å². The first-order valence-corrected chi connectivity index (χ1v) is 19.1. The molecule has 0 aromatic rings. The van der Waals surface area contributed by atoms with Crippen LogP contribution in [0.4, 0.5) is 0 Å². The Hall–Kier alpha value is 0.0847. The molecule has 0 aliphatic rings. The van der Waals surface area contributed by atoms with Crippen molar-refractivity contribution in [2.45, 2.75) is 165 Å². The molecule has 6 nitrogen and oxygen atoms in total. The summed E-state index contributed by atoms with van der Waals surface area (Å²) in [6, 6.07) is 0. The summed E-state index contributed by atoms with van der Waals surface area (Å²) in [6.45, 7) is 22.5. The average Bonchev–Trinajstić information content (AvgIpc) is 3.00. The van der Waals surface area contributed by atoms with Gasteiger partial charge in [0.25, 0.3) is 37.7 Å². The minimum Gasteiger partial charge on any atom is -0.397 e. The summed E-state index contributed by atoms with van der Waals surface area (Å²) in [4.78, 5) is 0. The maximum absolute atomic E-state index is 3.67. The van der Waals surface area contributed by atoms with Crippen LogP contribution < -0.4 is 20.9 Å². The summed E-state index contributed by atoms with van der Waals surface area (Å²) < 4.78 is 4.30. The van der Waals surface area contributed by atoms with E-state index in [2.05, 4.69) is 123 Å². The van der Waals surface area contributed by atoms with Crippen molar-refractivity contribution in [2.75, 3.05) is 26.2 Å². The second kappa shape index (κ2) is 33.0. The molecule has 0 bridgehead atoms. The third-order valence-corrected chi connectivity index (χ3v) is 8.71. The van der Waals surface area contributed by atoms with Crippen molar-refractivity contribution < 1.29 is 0 Å². The molecule has 0 fully saturated rings. The first-order chi connectivity index (χ1) is 21.4. The van der Waals surface area contributed by atoms with Gasteiger partial charge in [-0.15, -0.1) is 0 Å². The van der Waals surface area contributed by atoms with E-state index in [1.165, 1.54) is 109 Å². The fourth-order valence-electron chi connectivity index (χ4n) is 5.54. The predicted octanol–water partition coefficient (Wildman–Crippen LogP) is 6.88. The van der Waals surface area contributed by atoms with Gasteiger partial charge in [0.05, 0.1) is 0 Å². The zero-order valence-electron chi connectivity index (χ0n) is 30.9. The van der Waals surface area contributed by atoms with E-state index in [1.807, 2.05) is 0 Å². The molecule has 0 rings (SSSR count). The van der Waals surface area contributed by atoms with Gasteiger partial charge in [0.15, 0.2) is 0 Å². The Kier molecular flexibility index (Phi) is 33.1. The van der Waals surface area contributed by atoms with Gasteiger partial charge in [0, 0.05) is 0 Å². The van der Waals surface area contributed by atoms with Gasteiger partial charge in [-0.05, 0) is 75.5 Å². The molecule has 251 valence electrons. The molecule has 0 aromatic carbocycles. The van der Waals surface area contributed by atoms with E-state index in [1.54, 1.807) is 0 Å². The Labute approximate surface area is 281 Å². The lowest BCUT2D eigenvalue weighted by molar-refractivity contribution is 0.438. The van der Waals surface area contributed by atoms with Crippen LogP contribution in [0.5, 0.6) is 0 Å². The van der Waals surface area contributed by atoms with Crippen LogP contribution in [0.15, 0.2) is 0 Å². The summed E-state index contributed by atoms with van der Waals surface area (Å²) in [5, 5.41) is 14.5. The molecule has 0 saturated carbocycles. The molecule has 0 heterocycles. The number of hydrogen-bond acceptors (Lipinski definition) is 6. The van der Waals surface area contributed by atoms with Gasteiger partial charge in [0.2, 0.25) is 0 Å². The molecule has 0 amide bonds. The van der Waals surface area contributed by atoms with E-state index in [9.17, 15) is 0 Å². The van der Waals surface area contributed by atoms with Crippen molar-refractivity contribution in [2.24, 2.45) is 23.7 Å². The standard InChI is InChI=1S/C33H74B5N6/c1-9-14-17-20-24-32(8)28-41-36-44(37-42-29-33(13-5)25-21-18-15-10-2)38-43(34-39-26-30(6)22-12-4)35-40-27-31(7)23-19-16-11-3/h30-33,39-42H,9-29H2,1-8H3. The van der Waals surface area contributed by atoms with Crippen LogP contribution in [0.25, 0.3) is 0 Å². The maximum Gasteiger partial charge on any atom is 0.287 e. The second-order valence-electron chi connectivity index (χ2n) is 13.7. The van der Waals surface area contributed by atoms with Crippen LogP contribution in [0.3, 0.4) is 0 Å². The van der Waals surface area contributed by atoms with Crippen LogP contribution in [-0.2, 0) is 0 Å². The van der Waals surface area contributed by atoms with Crippen LogP contribution >= 0.6 is 0 Å². The van der Waals surface area contributed by atoms with Gasteiger partial charge in [-0.1, -0.05) is 139 Å². The maximum atomic E-state index is 3.67. The smallest absolute Gasteiger partial charge is 0.287 e. The molecule has 0 spiro atoms. The van der Waals surface area contributed by atoms with Crippen LogP contribution in [0, 0.1) is 23.7 Å². The fraction of sp³-hybridized carbons (Fsp3) is 1.00. The summed E-state index contributed by atoms with van der Waals surface area (Å²) >= 11 is 0. The van der Waals surface area contributed by atoms with Gasteiger partial charge in [-0.25, -0.2) is 0 Å². The van der Waals surface area contributed by atoms with Gasteiger partial charge < -0.3 is 30.2 Å². The van der Waals surface area contributed by atoms with E-state index in [4.69, 9.17) is 0 Å². The zero-order chi connectivity index (χ0) is 32.7. The number of unbranched alkanes of at least 4 members (excludes halogenated alkanes) is 8. The number of nitrogens with one attached hydrogen (secondary N) is 4. The molecule has 11 heteroatoms. The van der Waals surface area contributed by atoms with E-state index in [0.29, 0.717) is 23.7 Å². The molecular weight excluding hydrogens is 534 g/mol. The molecule has 0 aliphatic carbocycles. The van der Waals surface area contributed by atoms with Crippen LogP contribution in [0.1, 0.15) is 165 Å². The summed E-state index contributed by atoms with van der Waals surface area (Å²) in [6.07, 6.45) is 22.2. The van der Waals surface area contributed by atoms with Crippen LogP contribution in [0.2, 0.25) is 0 Å². The van der Waals surface area contributed by atoms with Gasteiger partial charge in [-0.3, -0.25) is 0 Å². The van der Waals surface area contributed by atoms with E-state index >= 15 is 0 Å². The van der Waals surface area contributed by atoms with Gasteiger partial charge >= 0.3 is 0 Å². The summed E-state index contributed by atoms with van der Waals surface area (Å²) in [7, 11) is 10.6. The highest BCUT2D eigenvalue weighted by molar-refractivity contribution is 6.72. The molecule has 4 unspecified atom stereocenters. The highest BCUT2D eigenvalue weighted by Gasteiger charge is 2.19. The molecule has 4 atom stereocenters. The van der Waals surface area contributed by atoms with Crippen LogP contribution in [-0.4, -0.2) is 73.2 Å². The first kappa shape index (κ1) is 44.1. The molecule has 0 aromatic heterocycles. The molecule has 5 radical (unpaired) electrons. The molecule has 4 N–H and O–H groups in total. The third kappa shape index (κ3) is 28.3. The molecule has 44 heavy (non-hydrogen) atoms. The number of hydrogen-bond donors (Lipinski definition) is 4. The zero-order valence-corrected chi connectivity index (χ0v) is 30.9. The lowest BCUT2D eigenvalue weighted by atomic mass is 9.72. The average molecular weight is 609 g/mol. The fourth-order valence-corrected chi connectivity index (χ4v) is 5.54. The summed E-state index contributed by atoms with van der Waals surface area (Å²) in [5.41, 5.74) is 0. The highest BCUT2D eigenvalue weighted by Crippen LogP contribution is 2.13. The Morgan fingerprint density at radius 3 is 1.25 bits per heavy atom. The monoisotopic (exact) mass is 610 g/mol. The van der Waals surface area contributed by atoms with Crippen molar-refractivity contribution in [3.63, 3.8) is 0 Å². The number of nitrogens with zero attached hydrogens (tertiary/aromatic N) is 2. The lowest BCUT2D eigenvalue weighted by Crippen LogP contribution is -2.59. The normalized spacial score (nSPS) is 14.4. The van der Waals surface area contributed by atoms with Gasteiger partial charge in [-0.2, -0.15) is 0 Å². The van der Waals surface area contributed by atoms with Crippen molar-refractivity contribution in [3.8, 4) is 0 Å². The number of rotatable bonds is 35. The largest absolute Gasteiger partial charge is 0.397 e. The predicted molar refractivity (Wildman–Crippen MR) is 202 cm³/mol. The van der Waals surface area contributed by atoms with Crippen molar-refractivity contribution in [3.05, 3.63) is 0 Å². The van der Waals surface area contributed by atoms with E-state index < -0.39 is 0 Å². The Morgan fingerprint density at radius 2 is 0.818 bits per heavy atom. The topological polar surface area (TPSA) is 54.6 Å².